The van der Waals surface area contributed by atoms with Crippen molar-refractivity contribution in [2.75, 3.05) is 14.2 Å². The summed E-state index contributed by atoms with van der Waals surface area (Å²) in [5.74, 6) is 1.09. The van der Waals surface area contributed by atoms with Gasteiger partial charge in [-0.1, -0.05) is 0 Å². The third kappa shape index (κ3) is 1.27. The van der Waals surface area contributed by atoms with E-state index in [9.17, 15) is 0 Å². The zero-order chi connectivity index (χ0) is 8.27. The summed E-state index contributed by atoms with van der Waals surface area (Å²) in [6.45, 7) is 0. The molecule has 1 aromatic heterocycles. The van der Waals surface area contributed by atoms with E-state index < -0.39 is 0 Å². The fourth-order valence-electron chi connectivity index (χ4n) is 0.766. The van der Waals surface area contributed by atoms with Gasteiger partial charge in [0.25, 0.3) is 0 Å². The number of ether oxygens (including phenoxy) is 2. The van der Waals surface area contributed by atoms with Crippen molar-refractivity contribution in [1.82, 2.24) is 4.57 Å². The van der Waals surface area contributed by atoms with Gasteiger partial charge < -0.3 is 9.47 Å². The van der Waals surface area contributed by atoms with Crippen LogP contribution in [0.25, 0.3) is 0 Å². The molecule has 0 aliphatic carbocycles. The summed E-state index contributed by atoms with van der Waals surface area (Å²) < 4.78 is 11.1. The van der Waals surface area contributed by atoms with Crippen molar-refractivity contribution in [1.29, 1.82) is 5.26 Å². The highest BCUT2D eigenvalue weighted by Gasteiger charge is 2.03. The van der Waals surface area contributed by atoms with Crippen LogP contribution in [-0.2, 0) is 0 Å². The van der Waals surface area contributed by atoms with Crippen molar-refractivity contribution in [3.05, 3.63) is 12.3 Å². The monoisotopic (exact) mass is 152 g/mol. The van der Waals surface area contributed by atoms with Crippen LogP contribution in [0.3, 0.4) is 0 Å². The van der Waals surface area contributed by atoms with Crippen LogP contribution >= 0.6 is 0 Å². The predicted molar refractivity (Wildman–Crippen MR) is 38.5 cm³/mol. The lowest BCUT2D eigenvalue weighted by atomic mass is 10.6. The average molecular weight is 152 g/mol. The number of methoxy groups -OCH3 is 2. The quantitative estimate of drug-likeness (QED) is 0.630. The largest absolute Gasteiger partial charge is 0.495 e. The Balaban J connectivity index is 3.05. The van der Waals surface area contributed by atoms with Gasteiger partial charge in [-0.3, -0.25) is 0 Å². The molecular weight excluding hydrogens is 144 g/mol. The number of hydrogen-bond acceptors (Lipinski definition) is 3. The number of hydrogen-bond donors (Lipinski definition) is 0. The van der Waals surface area contributed by atoms with Gasteiger partial charge in [0.05, 0.1) is 20.4 Å². The Morgan fingerprint density at radius 3 is 2.55 bits per heavy atom. The van der Waals surface area contributed by atoms with Crippen LogP contribution in [0, 0.1) is 11.5 Å². The van der Waals surface area contributed by atoms with Crippen LogP contribution in [0.15, 0.2) is 12.3 Å². The van der Waals surface area contributed by atoms with Crippen LogP contribution < -0.4 is 9.47 Å². The van der Waals surface area contributed by atoms with E-state index >= 15 is 0 Å². The minimum atomic E-state index is 0.476. The summed E-state index contributed by atoms with van der Waals surface area (Å²) in [5, 5.41) is 8.54. The van der Waals surface area contributed by atoms with Gasteiger partial charge in [-0.25, -0.2) is 4.57 Å². The molecule has 0 N–H and O–H groups in total. The fraction of sp³-hybridized carbons (Fsp3) is 0.286. The summed E-state index contributed by atoms with van der Waals surface area (Å²) in [5.41, 5.74) is 0. The molecule has 4 heteroatoms. The normalized spacial score (nSPS) is 8.82. The predicted octanol–water partition coefficient (Wildman–Crippen LogP) is 0.834. The highest BCUT2D eigenvalue weighted by molar-refractivity contribution is 5.31. The second-order valence-electron chi connectivity index (χ2n) is 1.89. The molecule has 0 bridgehead atoms. The zero-order valence-corrected chi connectivity index (χ0v) is 6.37. The molecule has 58 valence electrons. The van der Waals surface area contributed by atoms with Crippen LogP contribution in [0.1, 0.15) is 0 Å². The first-order chi connectivity index (χ1) is 5.31. The van der Waals surface area contributed by atoms with Crippen LogP contribution in [-0.4, -0.2) is 18.8 Å². The van der Waals surface area contributed by atoms with Gasteiger partial charge in [-0.2, -0.15) is 5.26 Å². The van der Waals surface area contributed by atoms with Crippen LogP contribution in [0.5, 0.6) is 11.6 Å². The maximum atomic E-state index is 8.54. The highest BCUT2D eigenvalue weighted by Crippen LogP contribution is 2.20. The van der Waals surface area contributed by atoms with Crippen molar-refractivity contribution in [3.8, 4) is 17.8 Å². The number of rotatable bonds is 2. The standard InChI is InChI=1S/C7H8N2O2/c1-10-6-3-7(11-2)9(4-6)5-8/h3-4H,1-2H3. The van der Waals surface area contributed by atoms with E-state index in [-0.39, 0.29) is 0 Å². The van der Waals surface area contributed by atoms with E-state index in [1.165, 1.54) is 18.8 Å². The lowest BCUT2D eigenvalue weighted by Gasteiger charge is -1.94. The summed E-state index contributed by atoms with van der Waals surface area (Å²) in [4.78, 5) is 0. The lowest BCUT2D eigenvalue weighted by Crippen LogP contribution is -1.90. The third-order valence-corrected chi connectivity index (χ3v) is 1.31. The second-order valence-corrected chi connectivity index (χ2v) is 1.89. The van der Waals surface area contributed by atoms with Crippen molar-refractivity contribution >= 4 is 0 Å². The van der Waals surface area contributed by atoms with Crippen molar-refractivity contribution < 1.29 is 9.47 Å². The molecule has 0 aliphatic rings. The van der Waals surface area contributed by atoms with E-state index in [1.807, 2.05) is 6.19 Å². The minimum absolute atomic E-state index is 0.476. The molecule has 0 aliphatic heterocycles. The summed E-state index contributed by atoms with van der Waals surface area (Å²) >= 11 is 0. The van der Waals surface area contributed by atoms with E-state index in [0.29, 0.717) is 11.6 Å². The highest BCUT2D eigenvalue weighted by atomic mass is 16.5. The Hall–Kier alpha value is -1.63. The molecule has 4 nitrogen and oxygen atoms in total. The first-order valence-corrected chi connectivity index (χ1v) is 3.02. The summed E-state index contributed by atoms with van der Waals surface area (Å²) in [7, 11) is 3.04. The van der Waals surface area contributed by atoms with Crippen molar-refractivity contribution in [2.45, 2.75) is 0 Å². The van der Waals surface area contributed by atoms with Gasteiger partial charge in [0.15, 0.2) is 6.19 Å². The molecule has 1 rings (SSSR count). The molecule has 0 amide bonds. The Morgan fingerprint density at radius 1 is 1.45 bits per heavy atom. The van der Waals surface area contributed by atoms with Gasteiger partial charge in [-0.15, -0.1) is 0 Å². The smallest absolute Gasteiger partial charge is 0.210 e. The minimum Gasteiger partial charge on any atom is -0.495 e. The van der Waals surface area contributed by atoms with Crippen LogP contribution in [0.2, 0.25) is 0 Å². The summed E-state index contributed by atoms with van der Waals surface area (Å²) in [6, 6.07) is 1.64. The molecule has 0 aromatic carbocycles. The molecule has 11 heavy (non-hydrogen) atoms. The zero-order valence-electron chi connectivity index (χ0n) is 6.37. The van der Waals surface area contributed by atoms with E-state index in [4.69, 9.17) is 14.7 Å². The molecule has 0 saturated carbocycles. The lowest BCUT2D eigenvalue weighted by molar-refractivity contribution is 0.389. The molecule has 0 radical (unpaired) electrons. The molecule has 0 unspecified atom stereocenters. The maximum Gasteiger partial charge on any atom is 0.210 e. The van der Waals surface area contributed by atoms with Crippen molar-refractivity contribution in [3.63, 3.8) is 0 Å². The second kappa shape index (κ2) is 2.97. The topological polar surface area (TPSA) is 47.2 Å². The van der Waals surface area contributed by atoms with Gasteiger partial charge in [0.2, 0.25) is 5.88 Å². The van der Waals surface area contributed by atoms with Gasteiger partial charge in [0.1, 0.15) is 5.75 Å². The molecule has 0 atom stereocenters. The summed E-state index contributed by atoms with van der Waals surface area (Å²) in [6.07, 6.45) is 3.47. The maximum absolute atomic E-state index is 8.54. The van der Waals surface area contributed by atoms with Gasteiger partial charge in [0, 0.05) is 6.07 Å². The number of nitrogens with zero attached hydrogens (tertiary/aromatic N) is 2. The molecular formula is C7H8N2O2. The Morgan fingerprint density at radius 2 is 2.18 bits per heavy atom. The molecule has 0 saturated heterocycles. The molecule has 1 aromatic rings. The first kappa shape index (κ1) is 7.48. The first-order valence-electron chi connectivity index (χ1n) is 3.02. The Labute approximate surface area is 64.6 Å². The van der Waals surface area contributed by atoms with E-state index in [0.717, 1.165) is 0 Å². The Bertz CT molecular complexity index is 285. The van der Waals surface area contributed by atoms with E-state index in [2.05, 4.69) is 0 Å². The Kier molecular flexibility index (Phi) is 2.02. The average Bonchev–Trinajstić information content (AvgIpc) is 2.46. The van der Waals surface area contributed by atoms with E-state index in [1.54, 1.807) is 12.3 Å². The van der Waals surface area contributed by atoms with Crippen molar-refractivity contribution in [2.24, 2.45) is 0 Å². The van der Waals surface area contributed by atoms with Crippen LogP contribution in [0.4, 0.5) is 0 Å². The number of nitriles is 1. The fourth-order valence-corrected chi connectivity index (χ4v) is 0.766. The third-order valence-electron chi connectivity index (χ3n) is 1.31. The molecule has 0 spiro atoms. The molecule has 0 fully saturated rings. The number of aromatic nitrogens is 1. The van der Waals surface area contributed by atoms with Gasteiger partial charge in [-0.05, 0) is 0 Å². The molecule has 1 heterocycles. The SMILES string of the molecule is COc1cc(OC)n(C#N)c1. The van der Waals surface area contributed by atoms with Gasteiger partial charge >= 0.3 is 0 Å².